The molecule has 0 bridgehead atoms. The fraction of sp³-hybridized carbons (Fsp3) is 0.455. The van der Waals surface area contributed by atoms with Crippen molar-refractivity contribution in [3.05, 3.63) is 53.7 Å². The van der Waals surface area contributed by atoms with E-state index in [0.29, 0.717) is 12.6 Å². The lowest BCUT2D eigenvalue weighted by molar-refractivity contribution is 0.649. The molecule has 2 heterocycles. The van der Waals surface area contributed by atoms with E-state index in [9.17, 15) is 0 Å². The minimum absolute atomic E-state index is 0. The van der Waals surface area contributed by atoms with Gasteiger partial charge in [-0.15, -0.1) is 24.0 Å². The number of nitrogens with zero attached hydrogens (tertiary/aromatic N) is 4. The molecule has 1 atom stereocenters. The molecule has 3 rings (SSSR count). The number of nitrogens with one attached hydrogen (secondary N) is 2. The number of hydrogen-bond donors (Lipinski definition) is 2. The maximum atomic E-state index is 4.79. The molecule has 0 saturated carbocycles. The summed E-state index contributed by atoms with van der Waals surface area (Å²) in [5.74, 6) is 1.83. The van der Waals surface area contributed by atoms with Crippen molar-refractivity contribution in [3.8, 4) is 0 Å². The molecule has 1 aromatic heterocycles. The summed E-state index contributed by atoms with van der Waals surface area (Å²) in [6, 6.07) is 13.3. The van der Waals surface area contributed by atoms with Gasteiger partial charge in [-0.1, -0.05) is 17.7 Å². The second-order valence-electron chi connectivity index (χ2n) is 7.52. The highest BCUT2D eigenvalue weighted by Gasteiger charge is 2.23. The summed E-state index contributed by atoms with van der Waals surface area (Å²) < 4.78 is 0. The Morgan fingerprint density at radius 2 is 2.00 bits per heavy atom. The molecular weight excluding hydrogens is 475 g/mol. The van der Waals surface area contributed by atoms with Gasteiger partial charge in [0.05, 0.1) is 6.54 Å². The number of pyridine rings is 1. The van der Waals surface area contributed by atoms with Crippen molar-refractivity contribution in [1.82, 2.24) is 15.6 Å². The molecule has 2 N–H and O–H groups in total. The highest BCUT2D eigenvalue weighted by molar-refractivity contribution is 14.0. The molecule has 1 aliphatic heterocycles. The molecule has 0 radical (unpaired) electrons. The van der Waals surface area contributed by atoms with Gasteiger partial charge in [0, 0.05) is 51.7 Å². The predicted molar refractivity (Wildman–Crippen MR) is 134 cm³/mol. The SMILES string of the molecule is CCNC(=NCc1ccnc(N(C)C)c1)NC1CCN(c2ccc(C)cc2)C1.I. The number of aryl methyl sites for hydroxylation is 1. The topological polar surface area (TPSA) is 55.8 Å². The number of rotatable bonds is 6. The van der Waals surface area contributed by atoms with E-state index < -0.39 is 0 Å². The summed E-state index contributed by atoms with van der Waals surface area (Å²) in [6.07, 6.45) is 2.95. The van der Waals surface area contributed by atoms with Crippen LogP contribution in [0.4, 0.5) is 11.5 Å². The van der Waals surface area contributed by atoms with Crippen LogP contribution in [0.3, 0.4) is 0 Å². The van der Waals surface area contributed by atoms with Crippen molar-refractivity contribution in [2.24, 2.45) is 4.99 Å². The summed E-state index contributed by atoms with van der Waals surface area (Å²) in [5, 5.41) is 6.98. The minimum Gasteiger partial charge on any atom is -0.369 e. The molecule has 0 aliphatic carbocycles. The lowest BCUT2D eigenvalue weighted by atomic mass is 10.2. The summed E-state index contributed by atoms with van der Waals surface area (Å²) in [6.45, 7) is 7.76. The van der Waals surface area contributed by atoms with Crippen LogP contribution in [0.15, 0.2) is 47.6 Å². The van der Waals surface area contributed by atoms with E-state index in [4.69, 9.17) is 4.99 Å². The van der Waals surface area contributed by atoms with Crippen molar-refractivity contribution < 1.29 is 0 Å². The van der Waals surface area contributed by atoms with Crippen LogP contribution < -0.4 is 20.4 Å². The van der Waals surface area contributed by atoms with E-state index >= 15 is 0 Å². The van der Waals surface area contributed by atoms with Gasteiger partial charge in [-0.25, -0.2) is 9.98 Å². The average Bonchev–Trinajstić information content (AvgIpc) is 3.15. The Bertz CT molecular complexity index is 790. The normalized spacial score (nSPS) is 16.3. The molecule has 158 valence electrons. The second-order valence-corrected chi connectivity index (χ2v) is 7.52. The van der Waals surface area contributed by atoms with E-state index in [1.54, 1.807) is 0 Å². The van der Waals surface area contributed by atoms with Crippen LogP contribution >= 0.6 is 24.0 Å². The predicted octanol–water partition coefficient (Wildman–Crippen LogP) is 3.41. The monoisotopic (exact) mass is 508 g/mol. The zero-order chi connectivity index (χ0) is 19.9. The van der Waals surface area contributed by atoms with Crippen LogP contribution in [0.5, 0.6) is 0 Å². The van der Waals surface area contributed by atoms with Crippen LogP contribution in [0, 0.1) is 6.92 Å². The van der Waals surface area contributed by atoms with E-state index in [2.05, 4.69) is 64.7 Å². The molecule has 1 fully saturated rings. The number of aromatic nitrogens is 1. The Kier molecular flexibility index (Phi) is 9.00. The number of aliphatic imine (C=N–C) groups is 1. The molecule has 1 aliphatic rings. The molecule has 0 amide bonds. The third-order valence-corrected chi connectivity index (χ3v) is 4.96. The molecule has 0 spiro atoms. The first-order valence-corrected chi connectivity index (χ1v) is 10.0. The van der Waals surface area contributed by atoms with E-state index in [1.165, 1.54) is 11.3 Å². The highest BCUT2D eigenvalue weighted by atomic mass is 127. The molecule has 2 aromatic rings. The van der Waals surface area contributed by atoms with Crippen LogP contribution in [-0.4, -0.2) is 50.7 Å². The first-order chi connectivity index (χ1) is 13.5. The standard InChI is InChI=1S/C22H32N6.HI/c1-5-23-22(25-15-18-10-12-24-21(14-18)27(3)4)26-19-11-13-28(16-19)20-8-6-17(2)7-9-20;/h6-10,12,14,19H,5,11,13,15-16H2,1-4H3,(H2,23,25,26);1H. The van der Waals surface area contributed by atoms with Crippen LogP contribution in [-0.2, 0) is 6.54 Å². The van der Waals surface area contributed by atoms with E-state index in [1.807, 2.05) is 31.3 Å². The maximum absolute atomic E-state index is 4.79. The molecule has 1 aromatic carbocycles. The fourth-order valence-corrected chi connectivity index (χ4v) is 3.36. The van der Waals surface area contributed by atoms with Gasteiger partial charge >= 0.3 is 0 Å². The van der Waals surface area contributed by atoms with Crippen molar-refractivity contribution in [3.63, 3.8) is 0 Å². The zero-order valence-corrected chi connectivity index (χ0v) is 20.2. The molecule has 1 unspecified atom stereocenters. The molecular formula is C22H33IN6. The van der Waals surface area contributed by atoms with Gasteiger partial charge in [0.15, 0.2) is 5.96 Å². The zero-order valence-electron chi connectivity index (χ0n) is 17.9. The van der Waals surface area contributed by atoms with E-state index in [-0.39, 0.29) is 24.0 Å². The molecule has 1 saturated heterocycles. The van der Waals surface area contributed by atoms with Gasteiger partial charge in [-0.2, -0.15) is 0 Å². The summed E-state index contributed by atoms with van der Waals surface area (Å²) >= 11 is 0. The number of hydrogen-bond acceptors (Lipinski definition) is 4. The van der Waals surface area contributed by atoms with Gasteiger partial charge in [-0.3, -0.25) is 0 Å². The Morgan fingerprint density at radius 3 is 2.69 bits per heavy atom. The van der Waals surface area contributed by atoms with Gasteiger partial charge in [-0.05, 0) is 50.1 Å². The molecule has 7 heteroatoms. The Hall–Kier alpha value is -2.03. The van der Waals surface area contributed by atoms with Crippen molar-refractivity contribution >= 4 is 41.4 Å². The largest absolute Gasteiger partial charge is 0.369 e. The number of guanidine groups is 1. The Labute approximate surface area is 191 Å². The quantitative estimate of drug-likeness (QED) is 0.356. The first-order valence-electron chi connectivity index (χ1n) is 10.0. The Balaban J connectivity index is 0.00000300. The maximum Gasteiger partial charge on any atom is 0.191 e. The number of benzene rings is 1. The number of anilines is 2. The minimum atomic E-state index is 0. The van der Waals surface area contributed by atoms with Crippen LogP contribution in [0.2, 0.25) is 0 Å². The molecule has 29 heavy (non-hydrogen) atoms. The van der Waals surface area contributed by atoms with Gasteiger partial charge in [0.25, 0.3) is 0 Å². The summed E-state index contributed by atoms with van der Waals surface area (Å²) in [7, 11) is 4.00. The lowest BCUT2D eigenvalue weighted by Crippen LogP contribution is -2.44. The van der Waals surface area contributed by atoms with Crippen molar-refractivity contribution in [2.45, 2.75) is 32.9 Å². The smallest absolute Gasteiger partial charge is 0.191 e. The van der Waals surface area contributed by atoms with Gasteiger partial charge in [0.1, 0.15) is 5.82 Å². The second kappa shape index (κ2) is 11.2. The average molecular weight is 508 g/mol. The molecule has 6 nitrogen and oxygen atoms in total. The first kappa shape index (κ1) is 23.3. The summed E-state index contributed by atoms with van der Waals surface area (Å²) in [4.78, 5) is 13.6. The van der Waals surface area contributed by atoms with Crippen molar-refractivity contribution in [1.29, 1.82) is 0 Å². The van der Waals surface area contributed by atoms with Crippen molar-refractivity contribution in [2.75, 3.05) is 43.5 Å². The van der Waals surface area contributed by atoms with Gasteiger partial charge in [0.2, 0.25) is 0 Å². The highest BCUT2D eigenvalue weighted by Crippen LogP contribution is 2.20. The van der Waals surface area contributed by atoms with Gasteiger partial charge < -0.3 is 20.4 Å². The third-order valence-electron chi connectivity index (χ3n) is 4.96. The Morgan fingerprint density at radius 1 is 1.24 bits per heavy atom. The van der Waals surface area contributed by atoms with Crippen LogP contribution in [0.25, 0.3) is 0 Å². The third kappa shape index (κ3) is 6.76. The summed E-state index contributed by atoms with van der Waals surface area (Å²) in [5.41, 5.74) is 3.75. The number of halogens is 1. The van der Waals surface area contributed by atoms with E-state index in [0.717, 1.165) is 43.4 Å². The van der Waals surface area contributed by atoms with Crippen LogP contribution in [0.1, 0.15) is 24.5 Å². The fourth-order valence-electron chi connectivity index (χ4n) is 3.36. The lowest BCUT2D eigenvalue weighted by Gasteiger charge is -2.20.